The van der Waals surface area contributed by atoms with E-state index in [0.717, 1.165) is 6.42 Å². The monoisotopic (exact) mass is 257 g/mol. The molecule has 2 aliphatic heterocycles. The van der Waals surface area contributed by atoms with E-state index in [-0.39, 0.29) is 24.5 Å². The first kappa shape index (κ1) is 13.3. The van der Waals surface area contributed by atoms with Crippen LogP contribution in [0.25, 0.3) is 0 Å². The minimum atomic E-state index is -0.948. The van der Waals surface area contributed by atoms with E-state index >= 15 is 0 Å². The van der Waals surface area contributed by atoms with Gasteiger partial charge in [-0.1, -0.05) is 0 Å². The molecule has 6 nitrogen and oxygen atoms in total. The number of hydrogen-bond donors (Lipinski definition) is 1. The van der Waals surface area contributed by atoms with Crippen molar-refractivity contribution in [2.45, 2.75) is 25.4 Å². The molecule has 1 unspecified atom stereocenters. The van der Waals surface area contributed by atoms with E-state index in [2.05, 4.69) is 0 Å². The minimum Gasteiger partial charge on any atom is -0.480 e. The molecule has 0 saturated carbocycles. The number of nitrogens with zero attached hydrogens (tertiary/aromatic N) is 1. The van der Waals surface area contributed by atoms with Gasteiger partial charge >= 0.3 is 5.97 Å². The molecule has 102 valence electrons. The molecular weight excluding hydrogens is 238 g/mol. The Hall–Kier alpha value is -1.14. The zero-order chi connectivity index (χ0) is 13.0. The molecule has 0 aromatic heterocycles. The number of rotatable bonds is 4. The summed E-state index contributed by atoms with van der Waals surface area (Å²) in [6, 6.07) is 0. The molecule has 1 atom stereocenters. The van der Waals surface area contributed by atoms with Gasteiger partial charge in [0.25, 0.3) is 0 Å². The van der Waals surface area contributed by atoms with Crippen molar-refractivity contribution in [3.63, 3.8) is 0 Å². The van der Waals surface area contributed by atoms with Crippen LogP contribution in [-0.4, -0.2) is 60.9 Å². The summed E-state index contributed by atoms with van der Waals surface area (Å²) >= 11 is 0. The Balaban J connectivity index is 1.72. The molecule has 0 radical (unpaired) electrons. The summed E-state index contributed by atoms with van der Waals surface area (Å²) in [6.45, 7) is 2.26. The molecular formula is C12H19NO5. The Morgan fingerprint density at radius 1 is 1.28 bits per heavy atom. The first-order valence-corrected chi connectivity index (χ1v) is 6.36. The molecule has 0 spiro atoms. The third-order valence-corrected chi connectivity index (χ3v) is 3.48. The van der Waals surface area contributed by atoms with Crippen molar-refractivity contribution < 1.29 is 24.2 Å². The predicted molar refractivity (Wildman–Crippen MR) is 62.1 cm³/mol. The number of amides is 1. The minimum absolute atomic E-state index is 0.0153. The van der Waals surface area contributed by atoms with Gasteiger partial charge in [0.2, 0.25) is 5.91 Å². The highest BCUT2D eigenvalue weighted by molar-refractivity contribution is 5.79. The van der Waals surface area contributed by atoms with Crippen molar-refractivity contribution in [3.8, 4) is 0 Å². The third-order valence-electron chi connectivity index (χ3n) is 3.48. The van der Waals surface area contributed by atoms with E-state index in [9.17, 15) is 9.59 Å². The van der Waals surface area contributed by atoms with Gasteiger partial charge in [-0.25, -0.2) is 4.79 Å². The summed E-state index contributed by atoms with van der Waals surface area (Å²) in [5.74, 6) is -0.762. The lowest BCUT2D eigenvalue weighted by atomic mass is 10.0. The molecule has 1 amide bonds. The summed E-state index contributed by atoms with van der Waals surface area (Å²) in [5, 5.41) is 8.52. The van der Waals surface area contributed by atoms with Gasteiger partial charge in [-0.15, -0.1) is 0 Å². The first-order chi connectivity index (χ1) is 8.66. The van der Waals surface area contributed by atoms with Crippen LogP contribution in [0.2, 0.25) is 0 Å². The van der Waals surface area contributed by atoms with Crippen LogP contribution in [0.4, 0.5) is 0 Å². The number of carbonyl (C=O) groups excluding carboxylic acids is 1. The maximum Gasteiger partial charge on any atom is 0.329 e. The van der Waals surface area contributed by atoms with Crippen LogP contribution < -0.4 is 0 Å². The molecule has 2 heterocycles. The number of ether oxygens (including phenoxy) is 2. The highest BCUT2D eigenvalue weighted by Crippen LogP contribution is 2.20. The zero-order valence-corrected chi connectivity index (χ0v) is 10.3. The van der Waals surface area contributed by atoms with Gasteiger partial charge in [0.05, 0.1) is 18.6 Å². The Morgan fingerprint density at radius 2 is 2.00 bits per heavy atom. The second-order valence-electron chi connectivity index (χ2n) is 4.79. The molecule has 2 aliphatic rings. The highest BCUT2D eigenvalue weighted by Gasteiger charge is 2.30. The van der Waals surface area contributed by atoms with E-state index in [1.165, 1.54) is 0 Å². The van der Waals surface area contributed by atoms with Crippen LogP contribution in [0.3, 0.4) is 0 Å². The molecule has 0 aliphatic carbocycles. The van der Waals surface area contributed by atoms with E-state index in [0.29, 0.717) is 39.1 Å². The van der Waals surface area contributed by atoms with Crippen molar-refractivity contribution in [1.29, 1.82) is 0 Å². The Bertz CT molecular complexity index is 306. The molecule has 18 heavy (non-hydrogen) atoms. The molecule has 0 bridgehead atoms. The third kappa shape index (κ3) is 3.43. The SMILES string of the molecule is O=C(O)COC1CCN(C(=O)C2CCOC2)CC1. The summed E-state index contributed by atoms with van der Waals surface area (Å²) in [5.41, 5.74) is 0. The fourth-order valence-electron chi connectivity index (χ4n) is 2.42. The van der Waals surface area contributed by atoms with E-state index < -0.39 is 5.97 Å². The standard InChI is InChI=1S/C12H19NO5/c14-11(15)8-18-10-1-4-13(5-2-10)12(16)9-3-6-17-7-9/h9-10H,1-8H2,(H,14,15). The van der Waals surface area contributed by atoms with Crippen molar-refractivity contribution in [1.82, 2.24) is 4.90 Å². The number of piperidine rings is 1. The summed E-state index contributed by atoms with van der Waals surface area (Å²) in [4.78, 5) is 24.3. The van der Waals surface area contributed by atoms with Gasteiger partial charge in [-0.2, -0.15) is 0 Å². The van der Waals surface area contributed by atoms with Gasteiger partial charge < -0.3 is 19.5 Å². The topological polar surface area (TPSA) is 76.1 Å². The lowest BCUT2D eigenvalue weighted by molar-refractivity contribution is -0.147. The number of carboxylic acids is 1. The van der Waals surface area contributed by atoms with Crippen LogP contribution in [0.1, 0.15) is 19.3 Å². The van der Waals surface area contributed by atoms with E-state index in [1.807, 2.05) is 4.90 Å². The number of hydrogen-bond acceptors (Lipinski definition) is 4. The fourth-order valence-corrected chi connectivity index (χ4v) is 2.42. The lowest BCUT2D eigenvalue weighted by Gasteiger charge is -2.33. The van der Waals surface area contributed by atoms with Gasteiger partial charge in [0.1, 0.15) is 6.61 Å². The molecule has 0 aromatic rings. The predicted octanol–water partition coefficient (Wildman–Crippen LogP) is 0.115. The first-order valence-electron chi connectivity index (χ1n) is 6.36. The number of likely N-dealkylation sites (tertiary alicyclic amines) is 1. The maximum absolute atomic E-state index is 12.1. The Morgan fingerprint density at radius 3 is 2.56 bits per heavy atom. The van der Waals surface area contributed by atoms with Crippen molar-refractivity contribution >= 4 is 11.9 Å². The zero-order valence-electron chi connectivity index (χ0n) is 10.3. The number of aliphatic carboxylic acids is 1. The maximum atomic E-state index is 12.1. The summed E-state index contributed by atoms with van der Waals surface area (Å²) in [6.07, 6.45) is 2.21. The lowest BCUT2D eigenvalue weighted by Crippen LogP contribution is -2.44. The second kappa shape index (κ2) is 6.15. The van der Waals surface area contributed by atoms with Gasteiger partial charge in [0, 0.05) is 19.7 Å². The van der Waals surface area contributed by atoms with Gasteiger partial charge in [-0.3, -0.25) is 4.79 Å². The van der Waals surface area contributed by atoms with Crippen LogP contribution in [0.15, 0.2) is 0 Å². The number of carboxylic acid groups (broad SMARTS) is 1. The van der Waals surface area contributed by atoms with Gasteiger partial charge in [0.15, 0.2) is 0 Å². The van der Waals surface area contributed by atoms with Crippen LogP contribution in [0.5, 0.6) is 0 Å². The fraction of sp³-hybridized carbons (Fsp3) is 0.833. The largest absolute Gasteiger partial charge is 0.480 e. The van der Waals surface area contributed by atoms with Crippen molar-refractivity contribution in [2.24, 2.45) is 5.92 Å². The second-order valence-corrected chi connectivity index (χ2v) is 4.79. The Labute approximate surface area is 106 Å². The molecule has 2 saturated heterocycles. The van der Waals surface area contributed by atoms with E-state index in [4.69, 9.17) is 14.6 Å². The molecule has 0 aromatic carbocycles. The van der Waals surface area contributed by atoms with Crippen molar-refractivity contribution in [2.75, 3.05) is 32.9 Å². The molecule has 1 N–H and O–H groups in total. The normalized spacial score (nSPS) is 25.3. The average molecular weight is 257 g/mol. The van der Waals surface area contributed by atoms with Crippen molar-refractivity contribution in [3.05, 3.63) is 0 Å². The van der Waals surface area contributed by atoms with Gasteiger partial charge in [-0.05, 0) is 19.3 Å². The smallest absolute Gasteiger partial charge is 0.329 e. The highest BCUT2D eigenvalue weighted by atomic mass is 16.5. The van der Waals surface area contributed by atoms with Crippen LogP contribution >= 0.6 is 0 Å². The van der Waals surface area contributed by atoms with Crippen LogP contribution in [-0.2, 0) is 19.1 Å². The average Bonchev–Trinajstić information content (AvgIpc) is 2.90. The summed E-state index contributed by atoms with van der Waals surface area (Å²) < 4.78 is 10.5. The molecule has 2 fully saturated rings. The Kier molecular flexibility index (Phi) is 4.54. The number of carbonyl (C=O) groups is 2. The van der Waals surface area contributed by atoms with Crippen LogP contribution in [0, 0.1) is 5.92 Å². The quantitative estimate of drug-likeness (QED) is 0.774. The molecule has 6 heteroatoms. The summed E-state index contributed by atoms with van der Waals surface area (Å²) in [7, 11) is 0. The van der Waals surface area contributed by atoms with E-state index in [1.54, 1.807) is 0 Å². The molecule has 2 rings (SSSR count).